The maximum absolute atomic E-state index is 10.7. The van der Waals surface area contributed by atoms with Gasteiger partial charge in [0.05, 0.1) is 0 Å². The molecule has 0 saturated heterocycles. The molecule has 6 heteroatoms. The Morgan fingerprint density at radius 3 is 2.79 bits per heavy atom. The molecule has 0 aliphatic carbocycles. The van der Waals surface area contributed by atoms with Crippen LogP contribution in [0.2, 0.25) is 0 Å². The number of hydrogen-bond acceptors (Lipinski definition) is 5. The Bertz CT molecular complexity index is 313. The van der Waals surface area contributed by atoms with Crippen LogP contribution in [0.25, 0.3) is 0 Å². The van der Waals surface area contributed by atoms with E-state index in [0.717, 1.165) is 11.4 Å². The van der Waals surface area contributed by atoms with Gasteiger partial charge in [0, 0.05) is 5.75 Å². The monoisotopic (exact) mass is 216 g/mol. The van der Waals surface area contributed by atoms with E-state index in [9.17, 15) is 4.79 Å². The van der Waals surface area contributed by atoms with Crippen molar-refractivity contribution in [3.8, 4) is 0 Å². The van der Waals surface area contributed by atoms with Crippen molar-refractivity contribution in [2.45, 2.75) is 31.3 Å². The minimum atomic E-state index is -0.786. The highest BCUT2D eigenvalue weighted by Crippen LogP contribution is 2.20. The zero-order chi connectivity index (χ0) is 10.6. The van der Waals surface area contributed by atoms with E-state index in [-0.39, 0.29) is 5.25 Å². The van der Waals surface area contributed by atoms with Crippen molar-refractivity contribution in [1.29, 1.82) is 0 Å². The molecule has 0 fully saturated rings. The number of rotatable bonds is 5. The number of carboxylic acids is 1. The van der Waals surface area contributed by atoms with Crippen molar-refractivity contribution in [2.24, 2.45) is 0 Å². The molecule has 0 amide bonds. The van der Waals surface area contributed by atoms with Gasteiger partial charge < -0.3 is 5.11 Å². The number of hydrogen-bond donors (Lipinski definition) is 1. The standard InChI is InChI=1S/C8H12N2O3S/c1-3-7(8(11)12)14-4-6-5(2)9-13-10-6/h7H,3-4H2,1-2H3,(H,11,12). The summed E-state index contributed by atoms with van der Waals surface area (Å²) in [7, 11) is 0. The van der Waals surface area contributed by atoms with Gasteiger partial charge in [0.1, 0.15) is 16.6 Å². The number of aromatic nitrogens is 2. The summed E-state index contributed by atoms with van der Waals surface area (Å²) in [6.45, 7) is 3.63. The van der Waals surface area contributed by atoms with Gasteiger partial charge >= 0.3 is 5.97 Å². The highest BCUT2D eigenvalue weighted by molar-refractivity contribution is 7.99. The predicted octanol–water partition coefficient (Wildman–Crippen LogP) is 1.47. The van der Waals surface area contributed by atoms with Crippen LogP contribution in [-0.2, 0) is 10.5 Å². The van der Waals surface area contributed by atoms with E-state index in [2.05, 4.69) is 14.9 Å². The van der Waals surface area contributed by atoms with Crippen LogP contribution in [0, 0.1) is 6.92 Å². The largest absolute Gasteiger partial charge is 0.480 e. The summed E-state index contributed by atoms with van der Waals surface area (Å²) in [5.74, 6) is -0.258. The quantitative estimate of drug-likeness (QED) is 0.803. The molecule has 1 aromatic rings. The summed E-state index contributed by atoms with van der Waals surface area (Å²) in [5, 5.41) is 15.7. The third kappa shape index (κ3) is 2.73. The van der Waals surface area contributed by atoms with Crippen LogP contribution >= 0.6 is 11.8 Å². The van der Waals surface area contributed by atoms with Crippen LogP contribution in [-0.4, -0.2) is 26.6 Å². The first-order valence-corrected chi connectivity index (χ1v) is 5.32. The molecule has 1 rings (SSSR count). The third-order valence-electron chi connectivity index (χ3n) is 1.81. The fraction of sp³-hybridized carbons (Fsp3) is 0.625. The molecule has 0 saturated carbocycles. The first-order valence-electron chi connectivity index (χ1n) is 4.27. The molecule has 14 heavy (non-hydrogen) atoms. The van der Waals surface area contributed by atoms with Crippen molar-refractivity contribution in [3.63, 3.8) is 0 Å². The first kappa shape index (κ1) is 11.0. The predicted molar refractivity (Wildman–Crippen MR) is 52.0 cm³/mol. The number of aryl methyl sites for hydroxylation is 1. The SMILES string of the molecule is CCC(SCc1nonc1C)C(=O)O. The summed E-state index contributed by atoms with van der Waals surface area (Å²) in [4.78, 5) is 10.7. The minimum Gasteiger partial charge on any atom is -0.480 e. The van der Waals surface area contributed by atoms with Crippen LogP contribution in [0.1, 0.15) is 24.7 Å². The summed E-state index contributed by atoms with van der Waals surface area (Å²) < 4.78 is 4.51. The average Bonchev–Trinajstić information content (AvgIpc) is 2.52. The Balaban J connectivity index is 2.47. The zero-order valence-corrected chi connectivity index (χ0v) is 8.87. The van der Waals surface area contributed by atoms with E-state index in [1.54, 1.807) is 6.92 Å². The van der Waals surface area contributed by atoms with Gasteiger partial charge in [-0.05, 0) is 13.3 Å². The van der Waals surface area contributed by atoms with Gasteiger partial charge in [-0.1, -0.05) is 17.2 Å². The van der Waals surface area contributed by atoms with Crippen molar-refractivity contribution in [1.82, 2.24) is 10.3 Å². The Morgan fingerprint density at radius 1 is 1.64 bits per heavy atom. The molecule has 1 heterocycles. The first-order chi connectivity index (χ1) is 6.65. The molecule has 0 aliphatic rings. The van der Waals surface area contributed by atoms with Gasteiger partial charge in [0.25, 0.3) is 0 Å². The lowest BCUT2D eigenvalue weighted by Gasteiger charge is -2.06. The van der Waals surface area contributed by atoms with Crippen LogP contribution in [0.15, 0.2) is 4.63 Å². The molecule has 78 valence electrons. The average molecular weight is 216 g/mol. The topological polar surface area (TPSA) is 76.2 Å². The summed E-state index contributed by atoms with van der Waals surface area (Å²) >= 11 is 1.34. The molecule has 0 spiro atoms. The molecule has 0 bridgehead atoms. The second-order valence-electron chi connectivity index (χ2n) is 2.84. The number of carboxylic acid groups (broad SMARTS) is 1. The van der Waals surface area contributed by atoms with E-state index in [0.29, 0.717) is 12.2 Å². The summed E-state index contributed by atoms with van der Waals surface area (Å²) in [6.07, 6.45) is 0.602. The van der Waals surface area contributed by atoms with Crippen molar-refractivity contribution >= 4 is 17.7 Å². The van der Waals surface area contributed by atoms with Gasteiger partial charge in [-0.25, -0.2) is 4.63 Å². The lowest BCUT2D eigenvalue weighted by atomic mass is 10.3. The number of thioether (sulfide) groups is 1. The lowest BCUT2D eigenvalue weighted by Crippen LogP contribution is -2.15. The molecule has 5 nitrogen and oxygen atoms in total. The van der Waals surface area contributed by atoms with Crippen molar-refractivity contribution < 1.29 is 14.5 Å². The second-order valence-corrected chi connectivity index (χ2v) is 4.03. The molecule has 1 aromatic heterocycles. The normalized spacial score (nSPS) is 12.7. The number of carbonyl (C=O) groups is 1. The maximum Gasteiger partial charge on any atom is 0.316 e. The lowest BCUT2D eigenvalue weighted by molar-refractivity contribution is -0.136. The summed E-state index contributed by atoms with van der Waals surface area (Å²) in [6, 6.07) is 0. The minimum absolute atomic E-state index is 0.383. The van der Waals surface area contributed by atoms with Gasteiger partial charge in [0.15, 0.2) is 0 Å². The van der Waals surface area contributed by atoms with E-state index in [4.69, 9.17) is 5.11 Å². The third-order valence-corrected chi connectivity index (χ3v) is 3.19. The Hall–Kier alpha value is -1.04. The van der Waals surface area contributed by atoms with Crippen LogP contribution in [0.4, 0.5) is 0 Å². The number of nitrogens with zero attached hydrogens (tertiary/aromatic N) is 2. The summed E-state index contributed by atoms with van der Waals surface area (Å²) in [5.41, 5.74) is 1.44. The van der Waals surface area contributed by atoms with Crippen molar-refractivity contribution in [2.75, 3.05) is 0 Å². The molecule has 0 radical (unpaired) electrons. The van der Waals surface area contributed by atoms with E-state index in [1.807, 2.05) is 6.92 Å². The van der Waals surface area contributed by atoms with Gasteiger partial charge in [-0.15, -0.1) is 11.8 Å². The molecule has 0 aromatic carbocycles. The van der Waals surface area contributed by atoms with Gasteiger partial charge in [-0.2, -0.15) is 0 Å². The fourth-order valence-electron chi connectivity index (χ4n) is 0.924. The highest BCUT2D eigenvalue weighted by atomic mass is 32.2. The van der Waals surface area contributed by atoms with E-state index < -0.39 is 5.97 Å². The Morgan fingerprint density at radius 2 is 2.36 bits per heavy atom. The molecular weight excluding hydrogens is 204 g/mol. The Labute approximate surface area is 85.8 Å². The second kappa shape index (κ2) is 4.99. The molecule has 0 aliphatic heterocycles. The van der Waals surface area contributed by atoms with Gasteiger partial charge in [0.2, 0.25) is 0 Å². The van der Waals surface area contributed by atoms with Crippen molar-refractivity contribution in [3.05, 3.63) is 11.4 Å². The molecular formula is C8H12N2O3S. The van der Waals surface area contributed by atoms with E-state index in [1.165, 1.54) is 11.8 Å². The smallest absolute Gasteiger partial charge is 0.316 e. The molecule has 1 N–H and O–H groups in total. The van der Waals surface area contributed by atoms with Crippen LogP contribution < -0.4 is 0 Å². The maximum atomic E-state index is 10.7. The molecule has 1 unspecified atom stereocenters. The van der Waals surface area contributed by atoms with Gasteiger partial charge in [-0.3, -0.25) is 4.79 Å². The zero-order valence-electron chi connectivity index (χ0n) is 8.06. The van der Waals surface area contributed by atoms with Crippen LogP contribution in [0.5, 0.6) is 0 Å². The fourth-order valence-corrected chi connectivity index (χ4v) is 1.92. The van der Waals surface area contributed by atoms with Crippen LogP contribution in [0.3, 0.4) is 0 Å². The number of aliphatic carboxylic acids is 1. The molecule has 1 atom stereocenters. The highest BCUT2D eigenvalue weighted by Gasteiger charge is 2.17. The van der Waals surface area contributed by atoms with E-state index >= 15 is 0 Å². The Kier molecular flexibility index (Phi) is 3.94.